The van der Waals surface area contributed by atoms with E-state index in [2.05, 4.69) is 39.5 Å². The Kier molecular flexibility index (Phi) is 8.49. The molecule has 0 bridgehead atoms. The van der Waals surface area contributed by atoms with Crippen LogP contribution in [0.1, 0.15) is 17.5 Å². The highest BCUT2D eigenvalue weighted by Crippen LogP contribution is 2.11. The van der Waals surface area contributed by atoms with Gasteiger partial charge in [-0.1, -0.05) is 42.5 Å². The van der Waals surface area contributed by atoms with Gasteiger partial charge in [-0.2, -0.15) is 0 Å². The number of nitrogens with zero attached hydrogens (tertiary/aromatic N) is 2. The second-order valence-corrected chi connectivity index (χ2v) is 6.07. The second-order valence-electron chi connectivity index (χ2n) is 6.07. The lowest BCUT2D eigenvalue weighted by Crippen LogP contribution is -2.39. The first-order chi connectivity index (χ1) is 12.7. The molecule has 0 spiro atoms. The summed E-state index contributed by atoms with van der Waals surface area (Å²) in [4.78, 5) is 6.46. The third-order valence-corrected chi connectivity index (χ3v) is 4.01. The summed E-state index contributed by atoms with van der Waals surface area (Å²) in [6, 6.07) is 18.3. The largest absolute Gasteiger partial charge is 0.497 e. The van der Waals surface area contributed by atoms with Crippen LogP contribution < -0.4 is 10.1 Å². The van der Waals surface area contributed by atoms with E-state index in [1.807, 2.05) is 44.4 Å². The molecule has 0 aliphatic carbocycles. The van der Waals surface area contributed by atoms with Crippen molar-refractivity contribution in [2.75, 3.05) is 34.4 Å². The van der Waals surface area contributed by atoms with Crippen LogP contribution in [0.3, 0.4) is 0 Å². The number of guanidine groups is 1. The molecule has 26 heavy (non-hydrogen) atoms. The summed E-state index contributed by atoms with van der Waals surface area (Å²) in [5.41, 5.74) is 2.41. The normalized spacial score (nSPS) is 11.3. The summed E-state index contributed by atoms with van der Waals surface area (Å²) >= 11 is 0. The second kappa shape index (κ2) is 11.2. The summed E-state index contributed by atoms with van der Waals surface area (Å²) in [5, 5.41) is 3.38. The lowest BCUT2D eigenvalue weighted by molar-refractivity contribution is 0.119. The summed E-state index contributed by atoms with van der Waals surface area (Å²) in [6.07, 6.45) is 0.925. The van der Waals surface area contributed by atoms with Gasteiger partial charge in [-0.15, -0.1) is 0 Å². The number of benzene rings is 2. The van der Waals surface area contributed by atoms with Crippen LogP contribution in [0, 0.1) is 0 Å². The fourth-order valence-electron chi connectivity index (χ4n) is 2.60. The van der Waals surface area contributed by atoms with Gasteiger partial charge in [0.1, 0.15) is 5.75 Å². The highest BCUT2D eigenvalue weighted by Gasteiger charge is 2.05. The summed E-state index contributed by atoms with van der Waals surface area (Å²) in [6.45, 7) is 2.98. The molecule has 0 heterocycles. The Labute approximate surface area is 156 Å². The predicted octanol–water partition coefficient (Wildman–Crippen LogP) is 3.31. The third-order valence-electron chi connectivity index (χ3n) is 4.01. The molecule has 0 saturated carbocycles. The van der Waals surface area contributed by atoms with Crippen molar-refractivity contribution in [1.82, 2.24) is 10.2 Å². The minimum absolute atomic E-state index is 0.618. The van der Waals surface area contributed by atoms with Crippen LogP contribution in [-0.4, -0.2) is 45.2 Å². The molecule has 140 valence electrons. The van der Waals surface area contributed by atoms with Gasteiger partial charge in [0, 0.05) is 33.8 Å². The number of hydrogen-bond donors (Lipinski definition) is 1. The van der Waals surface area contributed by atoms with Crippen molar-refractivity contribution < 1.29 is 9.47 Å². The van der Waals surface area contributed by atoms with Crippen molar-refractivity contribution >= 4 is 5.96 Å². The molecule has 5 nitrogen and oxygen atoms in total. The highest BCUT2D eigenvalue weighted by atomic mass is 16.5. The van der Waals surface area contributed by atoms with Crippen LogP contribution >= 0.6 is 0 Å². The Bertz CT molecular complexity index is 657. The minimum Gasteiger partial charge on any atom is -0.497 e. The molecule has 0 atom stereocenters. The average molecular weight is 355 g/mol. The summed E-state index contributed by atoms with van der Waals surface area (Å²) < 4.78 is 10.9. The smallest absolute Gasteiger partial charge is 0.193 e. The molecule has 2 aromatic carbocycles. The Morgan fingerprint density at radius 1 is 1.04 bits per heavy atom. The summed E-state index contributed by atoms with van der Waals surface area (Å²) in [5.74, 6) is 1.76. The first-order valence-electron chi connectivity index (χ1n) is 8.89. The molecule has 1 N–H and O–H groups in total. The number of hydrogen-bond acceptors (Lipinski definition) is 3. The molecular formula is C21H29N3O2. The summed E-state index contributed by atoms with van der Waals surface area (Å²) in [7, 11) is 5.52. The van der Waals surface area contributed by atoms with E-state index in [0.29, 0.717) is 13.2 Å². The number of nitrogens with one attached hydrogen (secondary N) is 1. The molecule has 0 aromatic heterocycles. The van der Waals surface area contributed by atoms with Gasteiger partial charge in [0.05, 0.1) is 13.7 Å². The molecule has 0 aliphatic heterocycles. The van der Waals surface area contributed by atoms with E-state index in [1.165, 1.54) is 5.56 Å². The van der Waals surface area contributed by atoms with Gasteiger partial charge in [-0.25, -0.2) is 0 Å². The molecule has 0 saturated heterocycles. The molecule has 2 rings (SSSR count). The molecule has 0 amide bonds. The maximum absolute atomic E-state index is 5.73. The number of methoxy groups -OCH3 is 1. The predicted molar refractivity (Wildman–Crippen MR) is 107 cm³/mol. The van der Waals surface area contributed by atoms with Gasteiger partial charge in [0.25, 0.3) is 0 Å². The van der Waals surface area contributed by atoms with Crippen molar-refractivity contribution in [1.29, 1.82) is 0 Å². The van der Waals surface area contributed by atoms with E-state index in [0.717, 1.165) is 36.8 Å². The monoisotopic (exact) mass is 355 g/mol. The first kappa shape index (κ1) is 19.8. The lowest BCUT2D eigenvalue weighted by Gasteiger charge is -2.22. The van der Waals surface area contributed by atoms with Crippen molar-refractivity contribution in [2.24, 2.45) is 4.99 Å². The Hall–Kier alpha value is -2.53. The van der Waals surface area contributed by atoms with E-state index in [1.54, 1.807) is 7.11 Å². The third kappa shape index (κ3) is 6.76. The zero-order valence-corrected chi connectivity index (χ0v) is 15.9. The van der Waals surface area contributed by atoms with Crippen molar-refractivity contribution in [3.63, 3.8) is 0 Å². The number of ether oxygens (including phenoxy) is 2. The molecule has 2 aromatic rings. The number of aliphatic imine (C=N–C) groups is 1. The van der Waals surface area contributed by atoms with E-state index < -0.39 is 0 Å². The van der Waals surface area contributed by atoms with E-state index in [4.69, 9.17) is 9.47 Å². The zero-order valence-electron chi connectivity index (χ0n) is 15.9. The first-order valence-corrected chi connectivity index (χ1v) is 8.89. The van der Waals surface area contributed by atoms with E-state index in [9.17, 15) is 0 Å². The fraction of sp³-hybridized carbons (Fsp3) is 0.381. The minimum atomic E-state index is 0.618. The van der Waals surface area contributed by atoms with Gasteiger partial charge < -0.3 is 19.7 Å². The van der Waals surface area contributed by atoms with Gasteiger partial charge in [-0.3, -0.25) is 4.99 Å². The SMILES string of the molecule is CN=C(NCCCOCc1ccc(OC)cc1)N(C)Cc1ccccc1. The molecule has 0 aliphatic rings. The Morgan fingerprint density at radius 3 is 2.42 bits per heavy atom. The van der Waals surface area contributed by atoms with Crippen LogP contribution in [0.25, 0.3) is 0 Å². The van der Waals surface area contributed by atoms with Crippen LogP contribution in [0.5, 0.6) is 5.75 Å². The Balaban J connectivity index is 1.62. The topological polar surface area (TPSA) is 46.1 Å². The van der Waals surface area contributed by atoms with E-state index in [-0.39, 0.29) is 0 Å². The lowest BCUT2D eigenvalue weighted by atomic mass is 10.2. The van der Waals surface area contributed by atoms with Crippen molar-refractivity contribution in [3.8, 4) is 5.75 Å². The standard InChI is InChI=1S/C21H29N3O2/c1-22-21(24(2)16-18-8-5-4-6-9-18)23-14-7-15-26-17-19-10-12-20(25-3)13-11-19/h4-6,8-13H,7,14-17H2,1-3H3,(H,22,23). The highest BCUT2D eigenvalue weighted by molar-refractivity contribution is 5.79. The zero-order chi connectivity index (χ0) is 18.6. The van der Waals surface area contributed by atoms with Gasteiger partial charge in [-0.05, 0) is 29.7 Å². The van der Waals surface area contributed by atoms with Gasteiger partial charge >= 0.3 is 0 Å². The van der Waals surface area contributed by atoms with Crippen LogP contribution in [0.2, 0.25) is 0 Å². The van der Waals surface area contributed by atoms with Crippen LogP contribution in [-0.2, 0) is 17.9 Å². The van der Waals surface area contributed by atoms with E-state index >= 15 is 0 Å². The maximum atomic E-state index is 5.73. The molecule has 0 fully saturated rings. The van der Waals surface area contributed by atoms with Gasteiger partial charge in [0.2, 0.25) is 0 Å². The van der Waals surface area contributed by atoms with Crippen LogP contribution in [0.4, 0.5) is 0 Å². The quantitative estimate of drug-likeness (QED) is 0.426. The number of rotatable bonds is 9. The average Bonchev–Trinajstić information content (AvgIpc) is 2.68. The molecule has 0 unspecified atom stereocenters. The van der Waals surface area contributed by atoms with Crippen molar-refractivity contribution in [3.05, 3.63) is 65.7 Å². The fourth-order valence-corrected chi connectivity index (χ4v) is 2.60. The molecule has 0 radical (unpaired) electrons. The molecule has 5 heteroatoms. The molecular weight excluding hydrogens is 326 g/mol. The van der Waals surface area contributed by atoms with Gasteiger partial charge in [0.15, 0.2) is 5.96 Å². The van der Waals surface area contributed by atoms with Crippen molar-refractivity contribution in [2.45, 2.75) is 19.6 Å². The Morgan fingerprint density at radius 2 is 1.77 bits per heavy atom. The van der Waals surface area contributed by atoms with Crippen LogP contribution in [0.15, 0.2) is 59.6 Å². The maximum Gasteiger partial charge on any atom is 0.193 e.